The van der Waals surface area contributed by atoms with Crippen LogP contribution in [0.25, 0.3) is 0 Å². The van der Waals surface area contributed by atoms with Gasteiger partial charge >= 0.3 is 0 Å². The summed E-state index contributed by atoms with van der Waals surface area (Å²) < 4.78 is 5.82. The standard InChI is InChI=1S/C16H12N2O/c1-11-4-3-5-12(2)16(11)19-15-7-6-13(9-17)14(8-15)10-18/h3-8H,1-2H3. The molecule has 0 bridgehead atoms. The molecule has 0 spiro atoms. The molecule has 2 aromatic rings. The van der Waals surface area contributed by atoms with E-state index in [-0.39, 0.29) is 0 Å². The van der Waals surface area contributed by atoms with Crippen LogP contribution in [0.3, 0.4) is 0 Å². The minimum absolute atomic E-state index is 0.325. The molecule has 92 valence electrons. The van der Waals surface area contributed by atoms with Gasteiger partial charge in [0, 0.05) is 0 Å². The molecule has 0 fully saturated rings. The Morgan fingerprint density at radius 2 is 1.53 bits per heavy atom. The van der Waals surface area contributed by atoms with Crippen LogP contribution in [0, 0.1) is 36.5 Å². The van der Waals surface area contributed by atoms with E-state index >= 15 is 0 Å². The van der Waals surface area contributed by atoms with Crippen LogP contribution in [0.5, 0.6) is 11.5 Å². The summed E-state index contributed by atoms with van der Waals surface area (Å²) in [6.45, 7) is 3.94. The Hall–Kier alpha value is -2.78. The van der Waals surface area contributed by atoms with Crippen molar-refractivity contribution in [3.63, 3.8) is 0 Å². The normalized spacial score (nSPS) is 9.47. The third-order valence-corrected chi connectivity index (χ3v) is 2.86. The maximum Gasteiger partial charge on any atom is 0.133 e. The molecule has 0 aromatic heterocycles. The number of nitrogens with zero attached hydrogens (tertiary/aromatic N) is 2. The maximum absolute atomic E-state index is 8.99. The summed E-state index contributed by atoms with van der Waals surface area (Å²) in [6.07, 6.45) is 0. The van der Waals surface area contributed by atoms with E-state index in [9.17, 15) is 0 Å². The van der Waals surface area contributed by atoms with E-state index in [2.05, 4.69) is 0 Å². The van der Waals surface area contributed by atoms with Crippen molar-refractivity contribution in [2.75, 3.05) is 0 Å². The lowest BCUT2D eigenvalue weighted by molar-refractivity contribution is 0.475. The van der Waals surface area contributed by atoms with Gasteiger partial charge in [0.1, 0.15) is 23.6 Å². The first-order chi connectivity index (χ1) is 9.15. The predicted octanol–water partition coefficient (Wildman–Crippen LogP) is 3.84. The van der Waals surface area contributed by atoms with Gasteiger partial charge in [-0.25, -0.2) is 0 Å². The first kappa shape index (κ1) is 12.7. The summed E-state index contributed by atoms with van der Waals surface area (Å²) in [5, 5.41) is 17.9. The summed E-state index contributed by atoms with van der Waals surface area (Å²) in [6, 6.07) is 14.8. The van der Waals surface area contributed by atoms with Crippen LogP contribution in [-0.2, 0) is 0 Å². The van der Waals surface area contributed by atoms with E-state index in [0.717, 1.165) is 16.9 Å². The van der Waals surface area contributed by atoms with Gasteiger partial charge in [0.05, 0.1) is 11.1 Å². The summed E-state index contributed by atoms with van der Waals surface area (Å²) in [5.41, 5.74) is 2.74. The Balaban J connectivity index is 2.41. The number of aryl methyl sites for hydroxylation is 2. The van der Waals surface area contributed by atoms with Gasteiger partial charge in [-0.05, 0) is 43.2 Å². The number of hydrogen-bond donors (Lipinski definition) is 0. The van der Waals surface area contributed by atoms with E-state index in [4.69, 9.17) is 15.3 Å². The fourth-order valence-electron chi connectivity index (χ4n) is 1.85. The molecule has 0 amide bonds. The predicted molar refractivity (Wildman–Crippen MR) is 71.9 cm³/mol. The quantitative estimate of drug-likeness (QED) is 0.811. The van der Waals surface area contributed by atoms with Gasteiger partial charge in [0.15, 0.2) is 0 Å². The van der Waals surface area contributed by atoms with Crippen molar-refractivity contribution < 1.29 is 4.74 Å². The Labute approximate surface area is 112 Å². The van der Waals surface area contributed by atoms with Crippen LogP contribution in [0.1, 0.15) is 22.3 Å². The molecule has 0 aliphatic rings. The fourth-order valence-corrected chi connectivity index (χ4v) is 1.85. The molecular weight excluding hydrogens is 236 g/mol. The first-order valence-electron chi connectivity index (χ1n) is 5.84. The number of hydrogen-bond acceptors (Lipinski definition) is 3. The molecular formula is C16H12N2O. The lowest BCUT2D eigenvalue weighted by Crippen LogP contribution is -1.92. The molecule has 0 N–H and O–H groups in total. The van der Waals surface area contributed by atoms with E-state index in [1.807, 2.05) is 44.2 Å². The third-order valence-electron chi connectivity index (χ3n) is 2.86. The molecule has 3 nitrogen and oxygen atoms in total. The Morgan fingerprint density at radius 3 is 2.11 bits per heavy atom. The number of para-hydroxylation sites is 1. The van der Waals surface area contributed by atoms with Crippen LogP contribution < -0.4 is 4.74 Å². The highest BCUT2D eigenvalue weighted by molar-refractivity contribution is 5.51. The third kappa shape index (κ3) is 2.56. The van der Waals surface area contributed by atoms with Gasteiger partial charge in [-0.1, -0.05) is 18.2 Å². The maximum atomic E-state index is 8.99. The van der Waals surface area contributed by atoms with Crippen LogP contribution in [-0.4, -0.2) is 0 Å². The molecule has 2 aromatic carbocycles. The summed E-state index contributed by atoms with van der Waals surface area (Å²) in [4.78, 5) is 0. The smallest absolute Gasteiger partial charge is 0.133 e. The minimum Gasteiger partial charge on any atom is -0.457 e. The Kier molecular flexibility index (Phi) is 3.50. The van der Waals surface area contributed by atoms with Crippen LogP contribution in [0.15, 0.2) is 36.4 Å². The number of rotatable bonds is 2. The van der Waals surface area contributed by atoms with Crippen molar-refractivity contribution in [1.82, 2.24) is 0 Å². The lowest BCUT2D eigenvalue weighted by Gasteiger charge is -2.11. The zero-order valence-corrected chi connectivity index (χ0v) is 10.8. The van der Waals surface area contributed by atoms with E-state index in [1.165, 1.54) is 0 Å². The van der Waals surface area contributed by atoms with Gasteiger partial charge in [-0.2, -0.15) is 10.5 Å². The molecule has 2 rings (SSSR count). The molecule has 19 heavy (non-hydrogen) atoms. The molecule has 0 saturated heterocycles. The van der Waals surface area contributed by atoms with Crippen molar-refractivity contribution in [2.24, 2.45) is 0 Å². The van der Waals surface area contributed by atoms with Crippen LogP contribution >= 0.6 is 0 Å². The zero-order chi connectivity index (χ0) is 13.8. The van der Waals surface area contributed by atoms with Crippen molar-refractivity contribution in [2.45, 2.75) is 13.8 Å². The number of ether oxygens (including phenoxy) is 1. The topological polar surface area (TPSA) is 56.8 Å². The van der Waals surface area contributed by atoms with Crippen molar-refractivity contribution >= 4 is 0 Å². The van der Waals surface area contributed by atoms with E-state index in [1.54, 1.807) is 18.2 Å². The van der Waals surface area contributed by atoms with Gasteiger partial charge in [0.25, 0.3) is 0 Å². The van der Waals surface area contributed by atoms with Crippen LogP contribution in [0.2, 0.25) is 0 Å². The first-order valence-corrected chi connectivity index (χ1v) is 5.84. The Morgan fingerprint density at radius 1 is 0.895 bits per heavy atom. The molecule has 0 atom stereocenters. The average molecular weight is 248 g/mol. The van der Waals surface area contributed by atoms with E-state index < -0.39 is 0 Å². The van der Waals surface area contributed by atoms with Crippen molar-refractivity contribution in [3.05, 3.63) is 58.7 Å². The highest BCUT2D eigenvalue weighted by Gasteiger charge is 2.07. The molecule has 0 saturated carbocycles. The molecule has 0 aliphatic heterocycles. The minimum atomic E-state index is 0.325. The molecule has 0 radical (unpaired) electrons. The monoisotopic (exact) mass is 248 g/mol. The fraction of sp³-hybridized carbons (Fsp3) is 0.125. The molecule has 3 heteroatoms. The number of benzene rings is 2. The second kappa shape index (κ2) is 5.25. The lowest BCUT2D eigenvalue weighted by atomic mass is 10.1. The molecule has 0 aliphatic carbocycles. The van der Waals surface area contributed by atoms with Crippen molar-refractivity contribution in [1.29, 1.82) is 10.5 Å². The summed E-state index contributed by atoms with van der Waals surface area (Å²) >= 11 is 0. The van der Waals surface area contributed by atoms with Gasteiger partial charge in [-0.15, -0.1) is 0 Å². The largest absolute Gasteiger partial charge is 0.457 e. The van der Waals surface area contributed by atoms with Gasteiger partial charge < -0.3 is 4.74 Å². The summed E-state index contributed by atoms with van der Waals surface area (Å²) in [5.74, 6) is 1.35. The second-order valence-electron chi connectivity index (χ2n) is 4.25. The highest BCUT2D eigenvalue weighted by Crippen LogP contribution is 2.29. The second-order valence-corrected chi connectivity index (χ2v) is 4.25. The molecule has 0 heterocycles. The van der Waals surface area contributed by atoms with Crippen LogP contribution in [0.4, 0.5) is 0 Å². The number of nitriles is 2. The zero-order valence-electron chi connectivity index (χ0n) is 10.8. The molecule has 0 unspecified atom stereocenters. The van der Waals surface area contributed by atoms with Crippen molar-refractivity contribution in [3.8, 4) is 23.6 Å². The van der Waals surface area contributed by atoms with Gasteiger partial charge in [-0.3, -0.25) is 0 Å². The summed E-state index contributed by atoms with van der Waals surface area (Å²) in [7, 11) is 0. The Bertz CT molecular complexity index is 685. The van der Waals surface area contributed by atoms with E-state index in [0.29, 0.717) is 16.9 Å². The van der Waals surface area contributed by atoms with Gasteiger partial charge in [0.2, 0.25) is 0 Å². The SMILES string of the molecule is Cc1cccc(C)c1Oc1ccc(C#N)c(C#N)c1. The average Bonchev–Trinajstić information content (AvgIpc) is 2.42. The highest BCUT2D eigenvalue weighted by atomic mass is 16.5.